The molecule has 41 heavy (non-hydrogen) atoms. The number of anilines is 1. The lowest BCUT2D eigenvalue weighted by Gasteiger charge is -2.12. The van der Waals surface area contributed by atoms with Gasteiger partial charge < -0.3 is 19.5 Å². The van der Waals surface area contributed by atoms with Crippen molar-refractivity contribution in [3.05, 3.63) is 106 Å². The Morgan fingerprint density at radius 3 is 2.32 bits per heavy atom. The van der Waals surface area contributed by atoms with Crippen LogP contribution in [0.1, 0.15) is 27.6 Å². The van der Waals surface area contributed by atoms with Gasteiger partial charge in [0.15, 0.2) is 17.3 Å². The third-order valence-electron chi connectivity index (χ3n) is 6.13. The summed E-state index contributed by atoms with van der Waals surface area (Å²) in [5.41, 5.74) is 0.935. The molecule has 206 valence electrons. The fourth-order valence-corrected chi connectivity index (χ4v) is 4.05. The van der Waals surface area contributed by atoms with Gasteiger partial charge in [-0.15, -0.1) is 0 Å². The van der Waals surface area contributed by atoms with E-state index in [0.29, 0.717) is 39.7 Å². The van der Waals surface area contributed by atoms with Gasteiger partial charge in [-0.1, -0.05) is 0 Å². The highest BCUT2D eigenvalue weighted by Crippen LogP contribution is 2.34. The maximum absolute atomic E-state index is 13.4. The number of halogens is 1. The predicted molar refractivity (Wildman–Crippen MR) is 149 cm³/mol. The minimum atomic E-state index is -0.715. The number of methoxy groups -OCH3 is 2. The van der Waals surface area contributed by atoms with Gasteiger partial charge in [0.1, 0.15) is 22.6 Å². The first-order valence-electron chi connectivity index (χ1n) is 12.3. The minimum Gasteiger partial charge on any atom is -0.491 e. The zero-order chi connectivity index (χ0) is 29.1. The molecule has 1 amide bonds. The van der Waals surface area contributed by atoms with E-state index in [1.807, 2.05) is 0 Å². The molecule has 0 fully saturated rings. The van der Waals surface area contributed by atoms with E-state index in [0.717, 1.165) is 4.57 Å². The van der Waals surface area contributed by atoms with Gasteiger partial charge in [-0.05, 0) is 61.5 Å². The number of Topliss-reactive ketones (excluding diaryl/α,β-unsaturated/α-hetero) is 1. The van der Waals surface area contributed by atoms with Crippen molar-refractivity contribution in [2.24, 2.45) is 0 Å². The Morgan fingerprint density at radius 1 is 0.927 bits per heavy atom. The number of pyridine rings is 3. The maximum Gasteiger partial charge on any atom is 0.267 e. The molecular formula is C30H23FN4O6. The Labute approximate surface area is 233 Å². The Morgan fingerprint density at radius 2 is 1.66 bits per heavy atom. The number of amides is 1. The van der Waals surface area contributed by atoms with Crippen molar-refractivity contribution in [1.82, 2.24) is 14.5 Å². The molecule has 0 unspecified atom stereocenters. The molecule has 3 aromatic heterocycles. The number of carbonyl (C=O) groups is 2. The van der Waals surface area contributed by atoms with Crippen LogP contribution < -0.4 is 25.1 Å². The highest BCUT2D eigenvalue weighted by Gasteiger charge is 2.18. The van der Waals surface area contributed by atoms with Crippen LogP contribution >= 0.6 is 0 Å². The van der Waals surface area contributed by atoms with Gasteiger partial charge in [-0.3, -0.25) is 23.9 Å². The van der Waals surface area contributed by atoms with E-state index in [9.17, 15) is 18.8 Å². The van der Waals surface area contributed by atoms with Crippen LogP contribution in [0.25, 0.3) is 16.7 Å². The van der Waals surface area contributed by atoms with Crippen molar-refractivity contribution in [1.29, 1.82) is 0 Å². The van der Waals surface area contributed by atoms with E-state index < -0.39 is 17.3 Å². The molecule has 0 aliphatic heterocycles. The average molecular weight is 555 g/mol. The van der Waals surface area contributed by atoms with Crippen molar-refractivity contribution in [2.75, 3.05) is 19.5 Å². The summed E-state index contributed by atoms with van der Waals surface area (Å²) >= 11 is 0. The first-order chi connectivity index (χ1) is 19.8. The van der Waals surface area contributed by atoms with Gasteiger partial charge in [-0.25, -0.2) is 9.37 Å². The summed E-state index contributed by atoms with van der Waals surface area (Å²) in [4.78, 5) is 47.2. The van der Waals surface area contributed by atoms with Gasteiger partial charge in [0.2, 0.25) is 0 Å². The second-order valence-corrected chi connectivity index (χ2v) is 8.81. The Hall–Kier alpha value is -5.58. The fraction of sp³-hybridized carbons (Fsp3) is 0.100. The van der Waals surface area contributed by atoms with Gasteiger partial charge in [0.05, 0.1) is 19.7 Å². The number of benzene rings is 2. The summed E-state index contributed by atoms with van der Waals surface area (Å²) in [5, 5.41) is 2.67. The molecule has 2 aromatic carbocycles. The lowest BCUT2D eigenvalue weighted by Crippen LogP contribution is -2.29. The smallest absolute Gasteiger partial charge is 0.267 e. The van der Waals surface area contributed by atoms with Gasteiger partial charge >= 0.3 is 0 Å². The number of hydrogen-bond acceptors (Lipinski definition) is 8. The number of ether oxygens (including phenoxy) is 3. The Balaban J connectivity index is 1.39. The number of hydrogen-bond donors (Lipinski definition) is 1. The number of rotatable bonds is 8. The zero-order valence-corrected chi connectivity index (χ0v) is 22.2. The summed E-state index contributed by atoms with van der Waals surface area (Å²) in [6, 6.07) is 16.2. The van der Waals surface area contributed by atoms with Gasteiger partial charge in [0, 0.05) is 41.5 Å². The van der Waals surface area contributed by atoms with Crippen LogP contribution in [0.2, 0.25) is 0 Å². The summed E-state index contributed by atoms with van der Waals surface area (Å²) in [5.74, 6) is 0.0487. The van der Waals surface area contributed by atoms with Crippen LogP contribution in [0.4, 0.5) is 10.1 Å². The van der Waals surface area contributed by atoms with Crippen molar-refractivity contribution >= 4 is 28.4 Å². The Bertz CT molecular complexity index is 1840. The topological polar surface area (TPSA) is 122 Å². The highest BCUT2D eigenvalue weighted by molar-refractivity contribution is 6.06. The largest absolute Gasteiger partial charge is 0.491 e. The quantitative estimate of drug-likeness (QED) is 0.260. The van der Waals surface area contributed by atoms with Crippen molar-refractivity contribution < 1.29 is 28.2 Å². The van der Waals surface area contributed by atoms with Gasteiger partial charge in [-0.2, -0.15) is 0 Å². The monoisotopic (exact) mass is 554 g/mol. The van der Waals surface area contributed by atoms with Crippen molar-refractivity contribution in [3.8, 4) is 28.8 Å². The lowest BCUT2D eigenvalue weighted by atomic mass is 10.1. The number of carbonyl (C=O) groups excluding carboxylic acids is 2. The summed E-state index contributed by atoms with van der Waals surface area (Å²) in [7, 11) is 2.99. The first kappa shape index (κ1) is 27.0. The zero-order valence-electron chi connectivity index (χ0n) is 22.2. The van der Waals surface area contributed by atoms with E-state index in [1.54, 1.807) is 42.6 Å². The molecule has 0 aliphatic rings. The van der Waals surface area contributed by atoms with Crippen molar-refractivity contribution in [2.45, 2.75) is 6.92 Å². The number of aromatic nitrogens is 3. The molecule has 11 heteroatoms. The van der Waals surface area contributed by atoms with Crippen LogP contribution in [0, 0.1) is 5.82 Å². The van der Waals surface area contributed by atoms with Crippen molar-refractivity contribution in [3.63, 3.8) is 0 Å². The standard InChI is InChI=1S/C30H23FN4O6/c1-17(36)18-14-23(30(38)35(16-18)21-8-4-19(31)5-9-21)28(37)33-20-6-10-22(11-7-20)41-25-12-13-32-24-15-26(39-2)29(40-3)34-27(24)25/h4-16H,1-3H3,(H,33,37). The SMILES string of the molecule is COc1cc2nccc(Oc3ccc(NC(=O)c4cc(C(C)=O)cn(-c5ccc(F)cc5)c4=O)cc3)c2nc1OC. The molecular weight excluding hydrogens is 531 g/mol. The van der Waals surface area contributed by atoms with Crippen LogP contribution in [0.15, 0.2) is 83.9 Å². The molecule has 0 saturated heterocycles. The summed E-state index contributed by atoms with van der Waals surface area (Å²) in [6.07, 6.45) is 2.90. The van der Waals surface area contributed by atoms with E-state index in [4.69, 9.17) is 14.2 Å². The van der Waals surface area contributed by atoms with Crippen LogP contribution in [0.3, 0.4) is 0 Å². The van der Waals surface area contributed by atoms with Crippen LogP contribution in [0.5, 0.6) is 23.1 Å². The minimum absolute atomic E-state index is 0.148. The summed E-state index contributed by atoms with van der Waals surface area (Å²) in [6.45, 7) is 1.32. The molecule has 0 radical (unpaired) electrons. The molecule has 1 N–H and O–H groups in total. The third kappa shape index (κ3) is 5.59. The second-order valence-electron chi connectivity index (χ2n) is 8.81. The molecule has 5 rings (SSSR count). The lowest BCUT2D eigenvalue weighted by molar-refractivity contribution is 0.101. The number of nitrogens with zero attached hydrogens (tertiary/aromatic N) is 3. The Kier molecular flexibility index (Phi) is 7.42. The molecule has 0 spiro atoms. The van der Waals surface area contributed by atoms with E-state index in [-0.39, 0.29) is 22.8 Å². The molecule has 0 saturated carbocycles. The number of ketones is 1. The molecule has 3 heterocycles. The third-order valence-corrected chi connectivity index (χ3v) is 6.13. The molecule has 5 aromatic rings. The van der Waals surface area contributed by atoms with Gasteiger partial charge in [0.25, 0.3) is 17.3 Å². The van der Waals surface area contributed by atoms with Crippen LogP contribution in [-0.2, 0) is 0 Å². The highest BCUT2D eigenvalue weighted by atomic mass is 19.1. The number of fused-ring (bicyclic) bond motifs is 1. The fourth-order valence-electron chi connectivity index (χ4n) is 4.05. The van der Waals surface area contributed by atoms with E-state index in [1.165, 1.54) is 57.7 Å². The predicted octanol–water partition coefficient (Wildman–Crippen LogP) is 5.18. The molecule has 0 aliphatic carbocycles. The average Bonchev–Trinajstić information content (AvgIpc) is 2.98. The second kappa shape index (κ2) is 11.3. The normalized spacial score (nSPS) is 10.7. The summed E-state index contributed by atoms with van der Waals surface area (Å²) < 4.78 is 31.1. The first-order valence-corrected chi connectivity index (χ1v) is 12.3. The van der Waals surface area contributed by atoms with E-state index >= 15 is 0 Å². The maximum atomic E-state index is 13.4. The van der Waals surface area contributed by atoms with Crippen LogP contribution in [-0.4, -0.2) is 40.4 Å². The molecule has 0 bridgehead atoms. The molecule has 0 atom stereocenters. The van der Waals surface area contributed by atoms with E-state index in [2.05, 4.69) is 15.3 Å². The number of nitrogens with one attached hydrogen (secondary N) is 1. The molecule has 10 nitrogen and oxygen atoms in total.